The van der Waals surface area contributed by atoms with Gasteiger partial charge in [-0.2, -0.15) is 0 Å². The van der Waals surface area contributed by atoms with Crippen LogP contribution in [0, 0.1) is 12.8 Å². The van der Waals surface area contributed by atoms with Crippen molar-refractivity contribution in [1.29, 1.82) is 0 Å². The van der Waals surface area contributed by atoms with E-state index in [0.717, 1.165) is 30.0 Å². The number of hydrogen-bond donors (Lipinski definition) is 1. The minimum absolute atomic E-state index is 0.136. The average molecular weight is 282 g/mol. The lowest BCUT2D eigenvalue weighted by molar-refractivity contribution is 0.226. The molecule has 1 aliphatic carbocycles. The van der Waals surface area contributed by atoms with Crippen LogP contribution >= 0.6 is 0 Å². The van der Waals surface area contributed by atoms with Crippen LogP contribution in [0.25, 0.3) is 10.9 Å². The molecule has 2 N–H and O–H groups in total. The second-order valence-electron chi connectivity index (χ2n) is 6.75. The monoisotopic (exact) mass is 282 g/mol. The number of benzene rings is 1. The molecule has 1 fully saturated rings. The van der Waals surface area contributed by atoms with Crippen molar-refractivity contribution >= 4 is 10.9 Å². The van der Waals surface area contributed by atoms with Crippen molar-refractivity contribution < 1.29 is 0 Å². The van der Waals surface area contributed by atoms with Gasteiger partial charge >= 0.3 is 0 Å². The van der Waals surface area contributed by atoms with Crippen LogP contribution < -0.4 is 5.73 Å². The van der Waals surface area contributed by atoms with Crippen molar-refractivity contribution in [2.75, 3.05) is 0 Å². The van der Waals surface area contributed by atoms with E-state index in [-0.39, 0.29) is 5.54 Å². The van der Waals surface area contributed by atoms with Gasteiger partial charge in [0.1, 0.15) is 0 Å². The fourth-order valence-corrected chi connectivity index (χ4v) is 3.72. The average Bonchev–Trinajstić information content (AvgIpc) is 2.49. The molecule has 3 rings (SSSR count). The molecule has 1 aromatic heterocycles. The number of nitrogens with zero attached hydrogens (tertiary/aromatic N) is 1. The Bertz CT molecular complexity index is 624. The molecule has 0 amide bonds. The Morgan fingerprint density at radius 1 is 1.19 bits per heavy atom. The zero-order valence-corrected chi connectivity index (χ0v) is 13.2. The summed E-state index contributed by atoms with van der Waals surface area (Å²) in [6.07, 6.45) is 7.42. The standard InChI is InChI=1S/C19H26N2/c1-3-4-15-9-11-19(20,12-10-15)17-7-8-18-16(13-17)6-5-14(2)21-18/h5-8,13,15H,3-4,9-12,20H2,1-2H3. The summed E-state index contributed by atoms with van der Waals surface area (Å²) in [6, 6.07) is 10.8. The van der Waals surface area contributed by atoms with Gasteiger partial charge in [-0.1, -0.05) is 31.9 Å². The maximum absolute atomic E-state index is 6.74. The van der Waals surface area contributed by atoms with Gasteiger partial charge in [0.15, 0.2) is 0 Å². The van der Waals surface area contributed by atoms with Crippen LogP contribution in [0.4, 0.5) is 0 Å². The van der Waals surface area contributed by atoms with E-state index in [1.165, 1.54) is 36.6 Å². The van der Waals surface area contributed by atoms with Crippen LogP contribution in [0.3, 0.4) is 0 Å². The fraction of sp³-hybridized carbons (Fsp3) is 0.526. The third kappa shape index (κ3) is 2.96. The van der Waals surface area contributed by atoms with Crippen molar-refractivity contribution in [1.82, 2.24) is 4.98 Å². The third-order valence-electron chi connectivity index (χ3n) is 5.10. The normalized spacial score (nSPS) is 26.1. The molecular formula is C19H26N2. The predicted molar refractivity (Wildman–Crippen MR) is 89.2 cm³/mol. The number of fused-ring (bicyclic) bond motifs is 1. The number of aryl methyl sites for hydroxylation is 1. The molecule has 1 heterocycles. The summed E-state index contributed by atoms with van der Waals surface area (Å²) in [5.41, 5.74) is 10.0. The highest BCUT2D eigenvalue weighted by Gasteiger charge is 2.32. The Labute approximate surface area is 127 Å². The first kappa shape index (κ1) is 14.5. The van der Waals surface area contributed by atoms with E-state index in [1.54, 1.807) is 0 Å². The number of nitrogens with two attached hydrogens (primary N) is 1. The van der Waals surface area contributed by atoms with E-state index in [0.29, 0.717) is 0 Å². The summed E-state index contributed by atoms with van der Waals surface area (Å²) in [7, 11) is 0. The molecule has 0 bridgehead atoms. The summed E-state index contributed by atoms with van der Waals surface area (Å²) in [6.45, 7) is 4.31. The molecule has 0 aliphatic heterocycles. The van der Waals surface area contributed by atoms with E-state index in [9.17, 15) is 0 Å². The molecule has 2 heteroatoms. The zero-order valence-electron chi connectivity index (χ0n) is 13.2. The topological polar surface area (TPSA) is 38.9 Å². The van der Waals surface area contributed by atoms with E-state index in [1.807, 2.05) is 6.92 Å². The van der Waals surface area contributed by atoms with Gasteiger partial charge < -0.3 is 5.73 Å². The van der Waals surface area contributed by atoms with Crippen LogP contribution in [0.1, 0.15) is 56.7 Å². The second-order valence-corrected chi connectivity index (χ2v) is 6.75. The quantitative estimate of drug-likeness (QED) is 0.887. The predicted octanol–water partition coefficient (Wildman–Crippen LogP) is 4.69. The highest BCUT2D eigenvalue weighted by Crippen LogP contribution is 2.39. The molecular weight excluding hydrogens is 256 g/mol. The van der Waals surface area contributed by atoms with E-state index in [2.05, 4.69) is 42.2 Å². The van der Waals surface area contributed by atoms with Crippen LogP contribution in [0.5, 0.6) is 0 Å². The Morgan fingerprint density at radius 3 is 2.67 bits per heavy atom. The van der Waals surface area contributed by atoms with Crippen molar-refractivity contribution in [2.24, 2.45) is 11.7 Å². The molecule has 0 radical (unpaired) electrons. The highest BCUT2D eigenvalue weighted by atomic mass is 14.8. The fourth-order valence-electron chi connectivity index (χ4n) is 3.72. The van der Waals surface area contributed by atoms with Gasteiger partial charge in [0.2, 0.25) is 0 Å². The van der Waals surface area contributed by atoms with Gasteiger partial charge in [0.25, 0.3) is 0 Å². The van der Waals surface area contributed by atoms with Gasteiger partial charge in [-0.25, -0.2) is 0 Å². The van der Waals surface area contributed by atoms with Gasteiger partial charge in [0, 0.05) is 16.6 Å². The van der Waals surface area contributed by atoms with Crippen molar-refractivity contribution in [3.63, 3.8) is 0 Å². The largest absolute Gasteiger partial charge is 0.321 e. The minimum Gasteiger partial charge on any atom is -0.321 e. The molecule has 0 unspecified atom stereocenters. The maximum Gasteiger partial charge on any atom is 0.0705 e. The van der Waals surface area contributed by atoms with Crippen LogP contribution in [-0.2, 0) is 5.54 Å². The van der Waals surface area contributed by atoms with Gasteiger partial charge in [-0.05, 0) is 62.3 Å². The molecule has 1 aromatic carbocycles. The summed E-state index contributed by atoms with van der Waals surface area (Å²) in [5, 5.41) is 1.21. The number of pyridine rings is 1. The van der Waals surface area contributed by atoms with Gasteiger partial charge in [0.05, 0.1) is 5.52 Å². The van der Waals surface area contributed by atoms with E-state index >= 15 is 0 Å². The van der Waals surface area contributed by atoms with E-state index in [4.69, 9.17) is 5.73 Å². The Balaban J connectivity index is 1.84. The highest BCUT2D eigenvalue weighted by molar-refractivity contribution is 5.79. The smallest absolute Gasteiger partial charge is 0.0705 e. The zero-order chi connectivity index (χ0) is 14.9. The SMILES string of the molecule is CCCC1CCC(N)(c2ccc3nc(C)ccc3c2)CC1. The third-order valence-corrected chi connectivity index (χ3v) is 5.10. The molecule has 112 valence electrons. The summed E-state index contributed by atoms with van der Waals surface area (Å²) >= 11 is 0. The molecule has 2 aromatic rings. The lowest BCUT2D eigenvalue weighted by Gasteiger charge is -2.37. The van der Waals surface area contributed by atoms with Crippen molar-refractivity contribution in [2.45, 2.75) is 57.9 Å². The minimum atomic E-state index is -0.136. The maximum atomic E-state index is 6.74. The first-order valence-electron chi connectivity index (χ1n) is 8.27. The molecule has 1 aliphatic rings. The molecule has 2 nitrogen and oxygen atoms in total. The summed E-state index contributed by atoms with van der Waals surface area (Å²) in [5.74, 6) is 0.886. The number of aromatic nitrogens is 1. The second kappa shape index (κ2) is 5.76. The lowest BCUT2D eigenvalue weighted by Crippen LogP contribution is -2.40. The van der Waals surface area contributed by atoms with Gasteiger partial charge in [-0.3, -0.25) is 4.98 Å². The van der Waals surface area contributed by atoms with Gasteiger partial charge in [-0.15, -0.1) is 0 Å². The molecule has 1 saturated carbocycles. The van der Waals surface area contributed by atoms with Crippen LogP contribution in [0.15, 0.2) is 30.3 Å². The Morgan fingerprint density at radius 2 is 1.95 bits per heavy atom. The van der Waals surface area contributed by atoms with Crippen molar-refractivity contribution in [3.8, 4) is 0 Å². The lowest BCUT2D eigenvalue weighted by atomic mass is 9.72. The first-order valence-corrected chi connectivity index (χ1v) is 8.27. The van der Waals surface area contributed by atoms with Crippen molar-refractivity contribution in [3.05, 3.63) is 41.6 Å². The van der Waals surface area contributed by atoms with Crippen LogP contribution in [-0.4, -0.2) is 4.98 Å². The molecule has 0 spiro atoms. The molecule has 21 heavy (non-hydrogen) atoms. The number of rotatable bonds is 3. The summed E-state index contributed by atoms with van der Waals surface area (Å²) in [4.78, 5) is 4.58. The Hall–Kier alpha value is -1.41. The van der Waals surface area contributed by atoms with E-state index < -0.39 is 0 Å². The Kier molecular flexibility index (Phi) is 3.99. The summed E-state index contributed by atoms with van der Waals surface area (Å²) < 4.78 is 0. The number of hydrogen-bond acceptors (Lipinski definition) is 2. The molecule has 0 saturated heterocycles. The van der Waals surface area contributed by atoms with Crippen LogP contribution in [0.2, 0.25) is 0 Å². The molecule has 0 atom stereocenters. The first-order chi connectivity index (χ1) is 10.1.